The molecule has 270 valence electrons. The zero-order valence-electron chi connectivity index (χ0n) is 32.2. The van der Waals surface area contributed by atoms with Gasteiger partial charge in [0.25, 0.3) is 0 Å². The molecule has 0 fully saturated rings. The van der Waals surface area contributed by atoms with Crippen molar-refractivity contribution in [2.24, 2.45) is 0 Å². The van der Waals surface area contributed by atoms with Crippen LogP contribution in [0.4, 0.5) is 17.1 Å². The Balaban J connectivity index is 1.06. The van der Waals surface area contributed by atoms with Crippen molar-refractivity contribution in [3.05, 3.63) is 210 Å². The summed E-state index contributed by atoms with van der Waals surface area (Å²) >= 11 is 0. The lowest BCUT2D eigenvalue weighted by Crippen LogP contribution is -2.16. The van der Waals surface area contributed by atoms with Crippen molar-refractivity contribution in [2.75, 3.05) is 4.90 Å². The zero-order valence-corrected chi connectivity index (χ0v) is 32.2. The van der Waals surface area contributed by atoms with Gasteiger partial charge in [0.15, 0.2) is 0 Å². The molecule has 0 radical (unpaired) electrons. The number of hydrogen-bond donors (Lipinski definition) is 0. The summed E-state index contributed by atoms with van der Waals surface area (Å²) in [6.07, 6.45) is 4.92. The van der Waals surface area contributed by atoms with Crippen LogP contribution in [-0.4, -0.2) is 0 Å². The fraction of sp³-hybridized carbons (Fsp3) is 0.127. The van der Waals surface area contributed by atoms with Gasteiger partial charge in [-0.05, 0) is 140 Å². The smallest absolute Gasteiger partial charge is 0.0465 e. The van der Waals surface area contributed by atoms with Crippen molar-refractivity contribution in [1.29, 1.82) is 0 Å². The Morgan fingerprint density at radius 1 is 0.375 bits per heavy atom. The second-order valence-electron chi connectivity index (χ2n) is 16.0. The molecular weight excluding hydrogens is 675 g/mol. The summed E-state index contributed by atoms with van der Waals surface area (Å²) < 4.78 is 0. The molecule has 0 heterocycles. The van der Waals surface area contributed by atoms with Crippen LogP contribution < -0.4 is 4.90 Å². The summed E-state index contributed by atoms with van der Waals surface area (Å²) in [5.74, 6) is 0. The van der Waals surface area contributed by atoms with E-state index < -0.39 is 0 Å². The Kier molecular flexibility index (Phi) is 8.52. The number of aryl methyl sites for hydroxylation is 1. The van der Waals surface area contributed by atoms with Crippen molar-refractivity contribution in [3.8, 4) is 55.6 Å². The molecule has 0 N–H and O–H groups in total. The number of anilines is 3. The van der Waals surface area contributed by atoms with Gasteiger partial charge in [-0.1, -0.05) is 166 Å². The van der Waals surface area contributed by atoms with E-state index in [1.54, 1.807) is 0 Å². The third kappa shape index (κ3) is 5.96. The van der Waals surface area contributed by atoms with Crippen molar-refractivity contribution in [3.63, 3.8) is 0 Å². The minimum Gasteiger partial charge on any atom is -0.310 e. The van der Waals surface area contributed by atoms with Crippen LogP contribution in [0.2, 0.25) is 0 Å². The fourth-order valence-electron chi connectivity index (χ4n) is 9.35. The van der Waals surface area contributed by atoms with Crippen LogP contribution in [0.5, 0.6) is 0 Å². The molecule has 2 aliphatic rings. The second kappa shape index (κ2) is 14.0. The first-order valence-corrected chi connectivity index (χ1v) is 20.1. The monoisotopic (exact) mass is 719 g/mol. The van der Waals surface area contributed by atoms with Gasteiger partial charge in [0, 0.05) is 22.5 Å². The standard InChI is InChI=1S/C55H45N/c1-55(2)52-22-12-21-50(43-15-7-4-8-16-43)54(52)51-36-35-47(37-53(51)55)56(46-33-29-44(30-34-46)49-20-11-18-42-17-9-10-19-48(42)49)45-31-27-41(28-32-45)40-25-23-39(24-26-40)38-13-5-3-6-14-38/h3-8,11-16,18,20-37H,9-10,17,19H2,1-2H3. The third-order valence-electron chi connectivity index (χ3n) is 12.3. The molecule has 8 aromatic rings. The average molecular weight is 720 g/mol. The molecule has 0 bridgehead atoms. The predicted molar refractivity (Wildman–Crippen MR) is 237 cm³/mol. The SMILES string of the molecule is CC1(C)c2cc(N(c3ccc(-c4ccc(-c5ccccc5)cc4)cc3)c3ccc(-c4cccc5c4CCCC5)cc3)ccc2-c2c(-c3ccccc3)cccc21. The molecule has 1 nitrogen and oxygen atoms in total. The van der Waals surface area contributed by atoms with Crippen molar-refractivity contribution in [2.45, 2.75) is 44.9 Å². The van der Waals surface area contributed by atoms with E-state index in [9.17, 15) is 0 Å². The van der Waals surface area contributed by atoms with Gasteiger partial charge in [-0.2, -0.15) is 0 Å². The topological polar surface area (TPSA) is 3.24 Å². The van der Waals surface area contributed by atoms with E-state index in [-0.39, 0.29) is 5.41 Å². The molecule has 10 rings (SSSR count). The van der Waals surface area contributed by atoms with Crippen LogP contribution in [0.15, 0.2) is 188 Å². The van der Waals surface area contributed by atoms with Gasteiger partial charge in [0.05, 0.1) is 0 Å². The Hall–Kier alpha value is -6.44. The molecule has 0 atom stereocenters. The predicted octanol–water partition coefficient (Wildman–Crippen LogP) is 15.0. The van der Waals surface area contributed by atoms with E-state index in [1.165, 1.54) is 104 Å². The fourth-order valence-corrected chi connectivity index (χ4v) is 9.35. The average Bonchev–Trinajstić information content (AvgIpc) is 3.50. The van der Waals surface area contributed by atoms with E-state index in [2.05, 4.69) is 207 Å². The van der Waals surface area contributed by atoms with Crippen LogP contribution in [0.3, 0.4) is 0 Å². The molecule has 1 heteroatoms. The normalized spacial score (nSPS) is 13.8. The van der Waals surface area contributed by atoms with Gasteiger partial charge in [-0.15, -0.1) is 0 Å². The number of benzene rings is 8. The largest absolute Gasteiger partial charge is 0.310 e. The van der Waals surface area contributed by atoms with E-state index in [1.807, 2.05) is 0 Å². The van der Waals surface area contributed by atoms with E-state index in [0.717, 1.165) is 17.1 Å². The van der Waals surface area contributed by atoms with Crippen LogP contribution in [0.1, 0.15) is 48.9 Å². The Morgan fingerprint density at radius 2 is 0.875 bits per heavy atom. The summed E-state index contributed by atoms with van der Waals surface area (Å²) in [5, 5.41) is 0. The number of hydrogen-bond acceptors (Lipinski definition) is 1. The highest BCUT2D eigenvalue weighted by atomic mass is 15.1. The van der Waals surface area contributed by atoms with Crippen LogP contribution in [-0.2, 0) is 18.3 Å². The Morgan fingerprint density at radius 3 is 1.54 bits per heavy atom. The van der Waals surface area contributed by atoms with Gasteiger partial charge in [-0.25, -0.2) is 0 Å². The van der Waals surface area contributed by atoms with Crippen LogP contribution in [0.25, 0.3) is 55.6 Å². The summed E-state index contributed by atoms with van der Waals surface area (Å²) in [6, 6.07) is 69.6. The maximum Gasteiger partial charge on any atom is 0.0465 e. The lowest BCUT2D eigenvalue weighted by Gasteiger charge is -2.28. The molecular formula is C55H45N. The third-order valence-corrected chi connectivity index (χ3v) is 12.3. The van der Waals surface area contributed by atoms with Gasteiger partial charge in [0.1, 0.15) is 0 Å². The van der Waals surface area contributed by atoms with Gasteiger partial charge < -0.3 is 4.90 Å². The lowest BCUT2D eigenvalue weighted by atomic mass is 9.81. The van der Waals surface area contributed by atoms with Crippen LogP contribution >= 0.6 is 0 Å². The van der Waals surface area contributed by atoms with Gasteiger partial charge >= 0.3 is 0 Å². The minimum atomic E-state index is -0.150. The highest BCUT2D eigenvalue weighted by Crippen LogP contribution is 2.53. The van der Waals surface area contributed by atoms with Crippen molar-refractivity contribution in [1.82, 2.24) is 0 Å². The van der Waals surface area contributed by atoms with E-state index in [0.29, 0.717) is 0 Å². The summed E-state index contributed by atoms with van der Waals surface area (Å²) in [5.41, 5.74) is 21.9. The van der Waals surface area contributed by atoms with E-state index >= 15 is 0 Å². The number of nitrogens with zero attached hydrogens (tertiary/aromatic N) is 1. The van der Waals surface area contributed by atoms with Crippen molar-refractivity contribution < 1.29 is 0 Å². The highest BCUT2D eigenvalue weighted by molar-refractivity contribution is 5.94. The molecule has 8 aromatic carbocycles. The summed E-state index contributed by atoms with van der Waals surface area (Å²) in [7, 11) is 0. The highest BCUT2D eigenvalue weighted by Gasteiger charge is 2.37. The van der Waals surface area contributed by atoms with E-state index in [4.69, 9.17) is 0 Å². The lowest BCUT2D eigenvalue weighted by molar-refractivity contribution is 0.660. The van der Waals surface area contributed by atoms with Crippen LogP contribution in [0, 0.1) is 0 Å². The minimum absolute atomic E-state index is 0.150. The zero-order chi connectivity index (χ0) is 37.6. The second-order valence-corrected chi connectivity index (χ2v) is 16.0. The number of rotatable bonds is 7. The first-order chi connectivity index (χ1) is 27.5. The summed E-state index contributed by atoms with van der Waals surface area (Å²) in [6.45, 7) is 4.77. The molecule has 2 aliphatic carbocycles. The van der Waals surface area contributed by atoms with Gasteiger partial charge in [-0.3, -0.25) is 0 Å². The Bertz CT molecular complexity index is 2670. The van der Waals surface area contributed by atoms with Crippen molar-refractivity contribution >= 4 is 17.1 Å². The molecule has 0 aromatic heterocycles. The molecule has 0 unspecified atom stereocenters. The molecule has 0 saturated carbocycles. The molecule has 0 amide bonds. The maximum absolute atomic E-state index is 2.45. The molecule has 0 aliphatic heterocycles. The summed E-state index contributed by atoms with van der Waals surface area (Å²) in [4.78, 5) is 2.43. The Labute approximate surface area is 331 Å². The maximum atomic E-state index is 2.45. The molecule has 56 heavy (non-hydrogen) atoms. The first kappa shape index (κ1) is 34.1. The first-order valence-electron chi connectivity index (χ1n) is 20.1. The van der Waals surface area contributed by atoms with Gasteiger partial charge in [0.2, 0.25) is 0 Å². The molecule has 0 spiro atoms. The number of fused-ring (bicyclic) bond motifs is 4. The molecule has 0 saturated heterocycles. The quantitative estimate of drug-likeness (QED) is 0.159.